The van der Waals surface area contributed by atoms with Gasteiger partial charge in [-0.25, -0.2) is 4.98 Å². The van der Waals surface area contributed by atoms with Gasteiger partial charge in [0.15, 0.2) is 0 Å². The molecule has 4 rings (SSSR count). The minimum atomic E-state index is -0.898. The molecule has 4 aromatic rings. The predicted octanol–water partition coefficient (Wildman–Crippen LogP) is 5.00. The first-order valence-electron chi connectivity index (χ1n) is 9.70. The molecule has 150 valence electrons. The molecular formula is C25H22N2O3. The van der Waals surface area contributed by atoms with Gasteiger partial charge in [0.1, 0.15) is 24.7 Å². The van der Waals surface area contributed by atoms with E-state index in [2.05, 4.69) is 4.98 Å². The summed E-state index contributed by atoms with van der Waals surface area (Å²) in [6.07, 6.45) is 0. The summed E-state index contributed by atoms with van der Waals surface area (Å²) < 4.78 is 6.01. The molecule has 5 nitrogen and oxygen atoms in total. The third-order valence-electron chi connectivity index (χ3n) is 4.86. The standard InChI is InChI=1S/C25H22N2O3/c1-27(16-25(28)29)24-15-21(19-10-6-3-7-11-19)22-14-20(12-13-23(22)26-24)30-17-18-8-4-2-5-9-18/h2-15H,16-17H2,1H3,(H,28,29). The van der Waals surface area contributed by atoms with E-state index in [-0.39, 0.29) is 6.54 Å². The number of pyridine rings is 1. The molecule has 0 aliphatic rings. The zero-order valence-electron chi connectivity index (χ0n) is 16.7. The smallest absolute Gasteiger partial charge is 0.323 e. The Morgan fingerprint density at radius 2 is 1.67 bits per heavy atom. The number of hydrogen-bond donors (Lipinski definition) is 1. The van der Waals surface area contributed by atoms with E-state index in [1.165, 1.54) is 0 Å². The number of anilines is 1. The highest BCUT2D eigenvalue weighted by Crippen LogP contribution is 2.33. The summed E-state index contributed by atoms with van der Waals surface area (Å²) in [6.45, 7) is 0.366. The zero-order chi connectivity index (χ0) is 20.9. The van der Waals surface area contributed by atoms with Crippen molar-refractivity contribution in [3.05, 3.63) is 90.5 Å². The van der Waals surface area contributed by atoms with Gasteiger partial charge in [-0.05, 0) is 41.0 Å². The predicted molar refractivity (Wildman–Crippen MR) is 119 cm³/mol. The Hall–Kier alpha value is -3.86. The van der Waals surface area contributed by atoms with E-state index < -0.39 is 5.97 Å². The zero-order valence-corrected chi connectivity index (χ0v) is 16.7. The van der Waals surface area contributed by atoms with E-state index >= 15 is 0 Å². The van der Waals surface area contributed by atoms with E-state index in [1.807, 2.05) is 84.9 Å². The molecule has 30 heavy (non-hydrogen) atoms. The van der Waals surface area contributed by atoms with Crippen molar-refractivity contribution >= 4 is 22.7 Å². The van der Waals surface area contributed by atoms with Gasteiger partial charge in [-0.3, -0.25) is 4.79 Å². The normalized spacial score (nSPS) is 10.7. The van der Waals surface area contributed by atoms with Crippen LogP contribution in [0.15, 0.2) is 84.9 Å². The van der Waals surface area contributed by atoms with Gasteiger partial charge in [0.2, 0.25) is 0 Å². The van der Waals surface area contributed by atoms with Gasteiger partial charge in [0.05, 0.1) is 5.52 Å². The third kappa shape index (κ3) is 4.41. The Morgan fingerprint density at radius 3 is 2.37 bits per heavy atom. The first-order valence-corrected chi connectivity index (χ1v) is 9.70. The Labute approximate surface area is 175 Å². The van der Waals surface area contributed by atoms with Crippen molar-refractivity contribution in [3.8, 4) is 16.9 Å². The van der Waals surface area contributed by atoms with E-state index in [0.29, 0.717) is 12.4 Å². The monoisotopic (exact) mass is 398 g/mol. The number of likely N-dealkylation sites (N-methyl/N-ethyl adjacent to an activating group) is 1. The lowest BCUT2D eigenvalue weighted by molar-refractivity contribution is -0.135. The molecule has 0 amide bonds. The average Bonchev–Trinajstić information content (AvgIpc) is 2.77. The Bertz CT molecular complexity index is 1160. The molecule has 0 atom stereocenters. The van der Waals surface area contributed by atoms with Crippen LogP contribution in [0.1, 0.15) is 5.56 Å². The first kappa shape index (κ1) is 19.5. The number of carboxylic acid groups (broad SMARTS) is 1. The van der Waals surface area contributed by atoms with Crippen LogP contribution in [0.5, 0.6) is 5.75 Å². The SMILES string of the molecule is CN(CC(=O)O)c1cc(-c2ccccc2)c2cc(OCc3ccccc3)ccc2n1. The summed E-state index contributed by atoms with van der Waals surface area (Å²) in [4.78, 5) is 17.5. The van der Waals surface area contributed by atoms with Crippen LogP contribution >= 0.6 is 0 Å². The topological polar surface area (TPSA) is 62.7 Å². The number of nitrogens with zero attached hydrogens (tertiary/aromatic N) is 2. The van der Waals surface area contributed by atoms with Crippen molar-refractivity contribution in [2.24, 2.45) is 0 Å². The van der Waals surface area contributed by atoms with Gasteiger partial charge in [0.25, 0.3) is 0 Å². The quantitative estimate of drug-likeness (QED) is 0.475. The number of carbonyl (C=O) groups is 1. The molecule has 1 aromatic heterocycles. The van der Waals surface area contributed by atoms with Crippen LogP contribution in [-0.4, -0.2) is 29.7 Å². The summed E-state index contributed by atoms with van der Waals surface area (Å²) in [5, 5.41) is 10.1. The minimum absolute atomic E-state index is 0.120. The maximum atomic E-state index is 11.1. The second kappa shape index (κ2) is 8.66. The van der Waals surface area contributed by atoms with Crippen LogP contribution in [0.4, 0.5) is 5.82 Å². The van der Waals surface area contributed by atoms with Gasteiger partial charge in [-0.1, -0.05) is 60.7 Å². The molecule has 1 heterocycles. The summed E-state index contributed by atoms with van der Waals surface area (Å²) in [5.74, 6) is 0.476. The van der Waals surface area contributed by atoms with E-state index in [0.717, 1.165) is 33.3 Å². The fourth-order valence-electron chi connectivity index (χ4n) is 3.36. The summed E-state index contributed by atoms with van der Waals surface area (Å²) in [7, 11) is 1.73. The average molecular weight is 398 g/mol. The van der Waals surface area contributed by atoms with Crippen LogP contribution in [0.25, 0.3) is 22.0 Å². The molecule has 0 saturated carbocycles. The van der Waals surface area contributed by atoms with E-state index in [9.17, 15) is 4.79 Å². The minimum Gasteiger partial charge on any atom is -0.489 e. The molecule has 1 N–H and O–H groups in total. The van der Waals surface area contributed by atoms with Gasteiger partial charge in [-0.2, -0.15) is 0 Å². The first-order chi connectivity index (χ1) is 14.6. The van der Waals surface area contributed by atoms with Crippen LogP contribution in [0.3, 0.4) is 0 Å². The van der Waals surface area contributed by atoms with Crippen molar-refractivity contribution in [1.29, 1.82) is 0 Å². The maximum absolute atomic E-state index is 11.1. The highest BCUT2D eigenvalue weighted by Gasteiger charge is 2.13. The van der Waals surface area contributed by atoms with Crippen LogP contribution in [0.2, 0.25) is 0 Å². The maximum Gasteiger partial charge on any atom is 0.323 e. The molecule has 0 radical (unpaired) electrons. The van der Waals surface area contributed by atoms with Crippen LogP contribution < -0.4 is 9.64 Å². The molecule has 0 saturated heterocycles. The second-order valence-corrected chi connectivity index (χ2v) is 7.10. The molecule has 0 bridgehead atoms. The summed E-state index contributed by atoms with van der Waals surface area (Å²) in [6, 6.07) is 27.8. The van der Waals surface area contributed by atoms with E-state index in [4.69, 9.17) is 9.84 Å². The number of ether oxygens (including phenoxy) is 1. The molecule has 3 aromatic carbocycles. The lowest BCUT2D eigenvalue weighted by atomic mass is 10.0. The van der Waals surface area contributed by atoms with Crippen molar-refractivity contribution in [1.82, 2.24) is 4.98 Å². The number of rotatable bonds is 7. The molecule has 0 aliphatic heterocycles. The van der Waals surface area contributed by atoms with Crippen molar-refractivity contribution < 1.29 is 14.6 Å². The van der Waals surface area contributed by atoms with Crippen LogP contribution in [-0.2, 0) is 11.4 Å². The Balaban J connectivity index is 1.75. The molecule has 5 heteroatoms. The van der Waals surface area contributed by atoms with Gasteiger partial charge in [-0.15, -0.1) is 0 Å². The van der Waals surface area contributed by atoms with Gasteiger partial charge in [0, 0.05) is 12.4 Å². The summed E-state index contributed by atoms with van der Waals surface area (Å²) in [5.41, 5.74) is 3.91. The second-order valence-electron chi connectivity index (χ2n) is 7.10. The number of hydrogen-bond acceptors (Lipinski definition) is 4. The van der Waals surface area contributed by atoms with Crippen LogP contribution in [0, 0.1) is 0 Å². The van der Waals surface area contributed by atoms with Gasteiger partial charge < -0.3 is 14.7 Å². The summed E-state index contributed by atoms with van der Waals surface area (Å²) >= 11 is 0. The van der Waals surface area contributed by atoms with Crippen molar-refractivity contribution in [2.45, 2.75) is 6.61 Å². The molecule has 0 unspecified atom stereocenters. The molecular weight excluding hydrogens is 376 g/mol. The number of benzene rings is 3. The third-order valence-corrected chi connectivity index (χ3v) is 4.86. The number of aromatic nitrogens is 1. The van der Waals surface area contributed by atoms with Crippen molar-refractivity contribution in [2.75, 3.05) is 18.5 Å². The molecule has 0 spiro atoms. The fraction of sp³-hybridized carbons (Fsp3) is 0.120. The molecule has 0 aliphatic carbocycles. The lowest BCUT2D eigenvalue weighted by Gasteiger charge is -2.18. The molecule has 0 fully saturated rings. The highest BCUT2D eigenvalue weighted by atomic mass is 16.5. The Morgan fingerprint density at radius 1 is 0.967 bits per heavy atom. The lowest BCUT2D eigenvalue weighted by Crippen LogP contribution is -2.25. The number of carboxylic acids is 1. The van der Waals surface area contributed by atoms with Crippen molar-refractivity contribution in [3.63, 3.8) is 0 Å². The Kier molecular flexibility index (Phi) is 5.61. The largest absolute Gasteiger partial charge is 0.489 e. The number of fused-ring (bicyclic) bond motifs is 1. The van der Waals surface area contributed by atoms with Gasteiger partial charge >= 0.3 is 5.97 Å². The number of aliphatic carboxylic acids is 1. The highest BCUT2D eigenvalue weighted by molar-refractivity contribution is 5.97. The van der Waals surface area contributed by atoms with E-state index in [1.54, 1.807) is 11.9 Å². The fourth-order valence-corrected chi connectivity index (χ4v) is 3.36.